The van der Waals surface area contributed by atoms with Gasteiger partial charge in [0, 0.05) is 62.8 Å². The molecule has 10 rings (SSSR count). The standard InChI is InChI=1S/C46H29NS2/c1-2-11-32-28-35(26-22-30(32)10-1)47(34-24-20-31(21-25-34)33-23-27-39-37-13-4-7-18-43(37)48-45(39)29-33)42-17-6-3-12-36(42)40-15-9-16-41-38-14-5-8-19-44(38)49-46(40)41/h1-29H. The molecule has 49 heavy (non-hydrogen) atoms. The Morgan fingerprint density at radius 1 is 0.347 bits per heavy atom. The summed E-state index contributed by atoms with van der Waals surface area (Å²) in [5.74, 6) is 0. The number of anilines is 3. The van der Waals surface area contributed by atoms with Gasteiger partial charge in [-0.3, -0.25) is 0 Å². The third-order valence-corrected chi connectivity index (χ3v) is 12.0. The van der Waals surface area contributed by atoms with Crippen LogP contribution in [-0.2, 0) is 0 Å². The molecule has 0 aliphatic carbocycles. The van der Waals surface area contributed by atoms with Crippen LogP contribution < -0.4 is 4.90 Å². The molecule has 0 fully saturated rings. The molecule has 1 nitrogen and oxygen atoms in total. The van der Waals surface area contributed by atoms with Crippen molar-refractivity contribution < 1.29 is 0 Å². The van der Waals surface area contributed by atoms with Crippen LogP contribution in [0.25, 0.3) is 73.4 Å². The second kappa shape index (κ2) is 11.5. The van der Waals surface area contributed by atoms with E-state index in [1.54, 1.807) is 0 Å². The summed E-state index contributed by atoms with van der Waals surface area (Å²) in [7, 11) is 0. The highest BCUT2D eigenvalue weighted by molar-refractivity contribution is 7.26. The Balaban J connectivity index is 1.14. The highest BCUT2D eigenvalue weighted by Crippen LogP contribution is 2.46. The molecular weight excluding hydrogens is 631 g/mol. The maximum atomic E-state index is 2.42. The zero-order chi connectivity index (χ0) is 32.3. The van der Waals surface area contributed by atoms with Gasteiger partial charge in [-0.2, -0.15) is 0 Å². The highest BCUT2D eigenvalue weighted by atomic mass is 32.1. The van der Waals surface area contributed by atoms with E-state index in [0.717, 1.165) is 17.1 Å². The number of hydrogen-bond donors (Lipinski definition) is 0. The van der Waals surface area contributed by atoms with Gasteiger partial charge in [-0.25, -0.2) is 0 Å². The molecule has 3 heteroatoms. The number of fused-ring (bicyclic) bond motifs is 7. The van der Waals surface area contributed by atoms with Crippen molar-refractivity contribution in [2.24, 2.45) is 0 Å². The molecule has 10 aromatic rings. The van der Waals surface area contributed by atoms with Crippen molar-refractivity contribution in [3.63, 3.8) is 0 Å². The number of para-hydroxylation sites is 1. The molecular formula is C46H29NS2. The zero-order valence-corrected chi connectivity index (χ0v) is 28.1. The first-order chi connectivity index (χ1) is 24.3. The van der Waals surface area contributed by atoms with E-state index >= 15 is 0 Å². The Kier molecular flexibility index (Phi) is 6.61. The fourth-order valence-corrected chi connectivity index (χ4v) is 9.68. The molecule has 0 atom stereocenters. The first-order valence-corrected chi connectivity index (χ1v) is 18.2. The minimum absolute atomic E-state index is 1.12. The van der Waals surface area contributed by atoms with Crippen LogP contribution in [0.1, 0.15) is 0 Å². The minimum atomic E-state index is 1.12. The summed E-state index contributed by atoms with van der Waals surface area (Å²) in [5.41, 5.74) is 8.33. The van der Waals surface area contributed by atoms with Crippen LogP contribution in [0.5, 0.6) is 0 Å². The van der Waals surface area contributed by atoms with E-state index in [4.69, 9.17) is 0 Å². The van der Waals surface area contributed by atoms with Crippen molar-refractivity contribution in [1.82, 2.24) is 0 Å². The molecule has 0 bridgehead atoms. The van der Waals surface area contributed by atoms with Crippen molar-refractivity contribution in [2.75, 3.05) is 4.90 Å². The second-order valence-electron chi connectivity index (χ2n) is 12.5. The van der Waals surface area contributed by atoms with Gasteiger partial charge in [0.25, 0.3) is 0 Å². The number of thiophene rings is 2. The van der Waals surface area contributed by atoms with Gasteiger partial charge in [0.1, 0.15) is 0 Å². The zero-order valence-electron chi connectivity index (χ0n) is 26.5. The Morgan fingerprint density at radius 2 is 0.959 bits per heavy atom. The van der Waals surface area contributed by atoms with Crippen molar-refractivity contribution >= 4 is 90.9 Å². The van der Waals surface area contributed by atoms with E-state index in [0.29, 0.717) is 0 Å². The smallest absolute Gasteiger partial charge is 0.0540 e. The van der Waals surface area contributed by atoms with E-state index in [9.17, 15) is 0 Å². The molecule has 0 saturated carbocycles. The molecule has 8 aromatic carbocycles. The number of rotatable bonds is 5. The largest absolute Gasteiger partial charge is 0.310 e. The van der Waals surface area contributed by atoms with Crippen molar-refractivity contribution in [3.05, 3.63) is 176 Å². The third kappa shape index (κ3) is 4.74. The lowest BCUT2D eigenvalue weighted by Gasteiger charge is -2.28. The molecule has 230 valence electrons. The van der Waals surface area contributed by atoms with Crippen LogP contribution in [0.4, 0.5) is 17.1 Å². The summed E-state index contributed by atoms with van der Waals surface area (Å²) in [4.78, 5) is 2.42. The van der Waals surface area contributed by atoms with Gasteiger partial charge in [-0.15, -0.1) is 22.7 Å². The van der Waals surface area contributed by atoms with E-state index in [1.807, 2.05) is 22.7 Å². The molecule has 0 amide bonds. The first kappa shape index (κ1) is 28.3. The number of hydrogen-bond acceptors (Lipinski definition) is 3. The van der Waals surface area contributed by atoms with E-state index < -0.39 is 0 Å². The van der Waals surface area contributed by atoms with Crippen LogP contribution >= 0.6 is 22.7 Å². The van der Waals surface area contributed by atoms with Gasteiger partial charge in [0.05, 0.1) is 5.69 Å². The molecule has 0 unspecified atom stereocenters. The number of nitrogens with zero attached hydrogens (tertiary/aromatic N) is 1. The Labute approximate surface area is 292 Å². The quantitative estimate of drug-likeness (QED) is 0.178. The van der Waals surface area contributed by atoms with Gasteiger partial charge in [0.2, 0.25) is 0 Å². The van der Waals surface area contributed by atoms with Gasteiger partial charge in [-0.05, 0) is 70.4 Å². The normalized spacial score (nSPS) is 11.7. The van der Waals surface area contributed by atoms with E-state index in [2.05, 4.69) is 181 Å². The Morgan fingerprint density at radius 3 is 1.82 bits per heavy atom. The van der Waals surface area contributed by atoms with Gasteiger partial charge in [-0.1, -0.05) is 127 Å². The SMILES string of the molecule is c1ccc(N(c2ccc(-c3ccc4c(c3)sc3ccccc34)cc2)c2ccc3ccccc3c2)c(-c2cccc3c2sc2ccccc23)c1. The molecule has 0 aliphatic heterocycles. The monoisotopic (exact) mass is 659 g/mol. The minimum Gasteiger partial charge on any atom is -0.310 e. The lowest BCUT2D eigenvalue weighted by atomic mass is 9.99. The molecule has 0 aliphatic rings. The summed E-state index contributed by atoms with van der Waals surface area (Å²) in [6.07, 6.45) is 0. The lowest BCUT2D eigenvalue weighted by molar-refractivity contribution is 1.29. The second-order valence-corrected chi connectivity index (χ2v) is 14.7. The third-order valence-electron chi connectivity index (χ3n) is 9.67. The predicted molar refractivity (Wildman–Crippen MR) is 215 cm³/mol. The lowest BCUT2D eigenvalue weighted by Crippen LogP contribution is -2.11. The maximum absolute atomic E-state index is 2.42. The summed E-state index contributed by atoms with van der Waals surface area (Å²) in [6.45, 7) is 0. The fourth-order valence-electron chi connectivity index (χ4n) is 7.31. The topological polar surface area (TPSA) is 3.24 Å². The maximum Gasteiger partial charge on any atom is 0.0540 e. The van der Waals surface area contributed by atoms with Gasteiger partial charge >= 0.3 is 0 Å². The number of benzene rings is 8. The average Bonchev–Trinajstić information content (AvgIpc) is 3.74. The van der Waals surface area contributed by atoms with Gasteiger partial charge in [0.15, 0.2) is 0 Å². The molecule has 0 N–H and O–H groups in total. The van der Waals surface area contributed by atoms with Crippen LogP contribution in [0, 0.1) is 0 Å². The van der Waals surface area contributed by atoms with Crippen LogP contribution in [0.15, 0.2) is 176 Å². The molecule has 2 aromatic heterocycles. The van der Waals surface area contributed by atoms with Crippen LogP contribution in [-0.4, -0.2) is 0 Å². The van der Waals surface area contributed by atoms with E-state index in [-0.39, 0.29) is 0 Å². The van der Waals surface area contributed by atoms with Crippen LogP contribution in [0.2, 0.25) is 0 Å². The Bertz CT molecular complexity index is 2840. The molecule has 0 saturated heterocycles. The highest BCUT2D eigenvalue weighted by Gasteiger charge is 2.20. The molecule has 2 heterocycles. The van der Waals surface area contributed by atoms with Crippen LogP contribution in [0.3, 0.4) is 0 Å². The van der Waals surface area contributed by atoms with Crippen molar-refractivity contribution in [3.8, 4) is 22.3 Å². The van der Waals surface area contributed by atoms with Gasteiger partial charge < -0.3 is 4.90 Å². The van der Waals surface area contributed by atoms with E-state index in [1.165, 1.54) is 73.4 Å². The summed E-state index contributed by atoms with van der Waals surface area (Å²) < 4.78 is 5.30. The molecule has 0 radical (unpaired) electrons. The van der Waals surface area contributed by atoms with Crippen molar-refractivity contribution in [2.45, 2.75) is 0 Å². The predicted octanol–water partition coefficient (Wildman–Crippen LogP) is 14.4. The Hall–Kier alpha value is -5.74. The summed E-state index contributed by atoms with van der Waals surface area (Å²) in [5, 5.41) is 7.75. The van der Waals surface area contributed by atoms with Crippen molar-refractivity contribution in [1.29, 1.82) is 0 Å². The summed E-state index contributed by atoms with van der Waals surface area (Å²) in [6, 6.07) is 64.4. The first-order valence-electron chi connectivity index (χ1n) is 16.6. The average molecular weight is 660 g/mol. The summed E-state index contributed by atoms with van der Waals surface area (Å²) >= 11 is 3.75. The fraction of sp³-hybridized carbons (Fsp3) is 0. The molecule has 0 spiro atoms.